The van der Waals surface area contributed by atoms with Gasteiger partial charge in [-0.15, -0.1) is 0 Å². The molecule has 0 aromatic heterocycles. The van der Waals surface area contributed by atoms with Crippen molar-refractivity contribution >= 4 is 18.0 Å². The lowest BCUT2D eigenvalue weighted by Gasteiger charge is -2.22. The molecule has 2 amide bonds. The van der Waals surface area contributed by atoms with Crippen molar-refractivity contribution in [3.63, 3.8) is 0 Å². The summed E-state index contributed by atoms with van der Waals surface area (Å²) < 4.78 is 14.1. The largest absolute Gasteiger partial charge is 0.374 e. The van der Waals surface area contributed by atoms with Crippen LogP contribution in [0, 0.1) is 12.7 Å². The third kappa shape index (κ3) is 3.44. The Balaban J connectivity index is 2.29. The molecule has 0 radical (unpaired) electrons. The quantitative estimate of drug-likeness (QED) is 0.644. The molecule has 0 atom stereocenters. The third-order valence-corrected chi connectivity index (χ3v) is 3.69. The molecule has 1 N–H and O–H groups in total. The maximum Gasteiger partial charge on any atom is 0.250 e. The summed E-state index contributed by atoms with van der Waals surface area (Å²) in [4.78, 5) is 26.3. The van der Waals surface area contributed by atoms with E-state index in [-0.39, 0.29) is 23.5 Å². The first-order chi connectivity index (χ1) is 10.5. The zero-order chi connectivity index (χ0) is 16.3. The molecule has 22 heavy (non-hydrogen) atoms. The summed E-state index contributed by atoms with van der Waals surface area (Å²) >= 11 is 0. The minimum absolute atomic E-state index is 0.100. The van der Waals surface area contributed by atoms with E-state index in [1.807, 2.05) is 0 Å². The monoisotopic (exact) mass is 305 g/mol. The van der Waals surface area contributed by atoms with Crippen molar-refractivity contribution in [2.45, 2.75) is 25.8 Å². The SMILES string of the molecule is CN/C(=C/C(=O)N(C)C1CC1)N(C=O)c1ccc(C)cc1F. The summed E-state index contributed by atoms with van der Waals surface area (Å²) in [5, 5.41) is 2.78. The Morgan fingerprint density at radius 3 is 2.59 bits per heavy atom. The molecule has 0 bridgehead atoms. The van der Waals surface area contributed by atoms with Gasteiger partial charge >= 0.3 is 0 Å². The van der Waals surface area contributed by atoms with E-state index in [1.54, 1.807) is 32.0 Å². The lowest BCUT2D eigenvalue weighted by molar-refractivity contribution is -0.125. The number of rotatable bonds is 6. The van der Waals surface area contributed by atoms with Crippen LogP contribution in [0.4, 0.5) is 10.1 Å². The minimum Gasteiger partial charge on any atom is -0.374 e. The van der Waals surface area contributed by atoms with Crippen molar-refractivity contribution in [1.29, 1.82) is 0 Å². The Labute approximate surface area is 129 Å². The number of hydrogen-bond donors (Lipinski definition) is 1. The highest BCUT2D eigenvalue weighted by Crippen LogP contribution is 2.26. The van der Waals surface area contributed by atoms with Crippen LogP contribution in [0.25, 0.3) is 0 Å². The highest BCUT2D eigenvalue weighted by Gasteiger charge is 2.29. The number of aryl methyl sites for hydroxylation is 1. The highest BCUT2D eigenvalue weighted by molar-refractivity contribution is 5.91. The number of carbonyl (C=O) groups excluding carboxylic acids is 2. The lowest BCUT2D eigenvalue weighted by atomic mass is 10.2. The fourth-order valence-electron chi connectivity index (χ4n) is 2.17. The fraction of sp³-hybridized carbons (Fsp3) is 0.375. The van der Waals surface area contributed by atoms with Crippen LogP contribution < -0.4 is 10.2 Å². The minimum atomic E-state index is -0.517. The number of carbonyl (C=O) groups is 2. The molecule has 1 fully saturated rings. The van der Waals surface area contributed by atoms with Gasteiger partial charge in [-0.25, -0.2) is 4.39 Å². The number of benzene rings is 1. The molecule has 6 heteroatoms. The standard InChI is InChI=1S/C16H20FN3O2/c1-11-4-7-14(13(17)8-11)20(10-21)15(18-2)9-16(22)19(3)12-5-6-12/h4,7-10,12,18H,5-6H2,1-3H3/b15-9-. The smallest absolute Gasteiger partial charge is 0.250 e. The van der Waals surface area contributed by atoms with Crippen LogP contribution in [-0.2, 0) is 9.59 Å². The van der Waals surface area contributed by atoms with Crippen molar-refractivity contribution in [3.8, 4) is 0 Å². The molecule has 1 aromatic rings. The van der Waals surface area contributed by atoms with Crippen molar-refractivity contribution in [2.24, 2.45) is 0 Å². The van der Waals surface area contributed by atoms with E-state index in [2.05, 4.69) is 5.32 Å². The Morgan fingerprint density at radius 1 is 1.41 bits per heavy atom. The zero-order valence-electron chi connectivity index (χ0n) is 13.0. The van der Waals surface area contributed by atoms with Crippen molar-refractivity contribution in [3.05, 3.63) is 41.5 Å². The van der Waals surface area contributed by atoms with Crippen LogP contribution in [0.5, 0.6) is 0 Å². The van der Waals surface area contributed by atoms with Gasteiger partial charge in [-0.3, -0.25) is 14.5 Å². The van der Waals surface area contributed by atoms with Gasteiger partial charge < -0.3 is 10.2 Å². The first-order valence-electron chi connectivity index (χ1n) is 7.15. The van der Waals surface area contributed by atoms with E-state index in [4.69, 9.17) is 0 Å². The predicted octanol–water partition coefficient (Wildman–Crippen LogP) is 1.78. The molecule has 0 spiro atoms. The van der Waals surface area contributed by atoms with E-state index in [9.17, 15) is 14.0 Å². The van der Waals surface area contributed by atoms with E-state index < -0.39 is 5.82 Å². The van der Waals surface area contributed by atoms with Gasteiger partial charge in [-0.05, 0) is 37.5 Å². The summed E-state index contributed by atoms with van der Waals surface area (Å²) in [6.45, 7) is 1.76. The topological polar surface area (TPSA) is 52.7 Å². The number of likely N-dealkylation sites (N-methyl/N-ethyl adjacent to an activating group) is 1. The maximum absolute atomic E-state index is 14.1. The molecule has 1 aliphatic rings. The molecule has 118 valence electrons. The molecule has 2 rings (SSSR count). The number of hydrogen-bond acceptors (Lipinski definition) is 3. The Morgan fingerprint density at radius 2 is 2.09 bits per heavy atom. The van der Waals surface area contributed by atoms with Gasteiger partial charge in [0.1, 0.15) is 11.6 Å². The van der Waals surface area contributed by atoms with Crippen LogP contribution in [0.3, 0.4) is 0 Å². The number of nitrogens with zero attached hydrogens (tertiary/aromatic N) is 2. The number of anilines is 1. The van der Waals surface area contributed by atoms with E-state index in [0.29, 0.717) is 6.41 Å². The molecule has 0 unspecified atom stereocenters. The Kier molecular flexibility index (Phi) is 4.80. The summed E-state index contributed by atoms with van der Waals surface area (Å²) in [5.74, 6) is -0.502. The summed E-state index contributed by atoms with van der Waals surface area (Å²) in [6.07, 6.45) is 3.79. The zero-order valence-corrected chi connectivity index (χ0v) is 13.0. The normalized spacial score (nSPS) is 14.5. The maximum atomic E-state index is 14.1. The molecule has 1 saturated carbocycles. The Hall–Kier alpha value is -2.37. The first kappa shape index (κ1) is 16.0. The second kappa shape index (κ2) is 6.60. The summed E-state index contributed by atoms with van der Waals surface area (Å²) in [5.41, 5.74) is 0.856. The second-order valence-corrected chi connectivity index (χ2v) is 5.39. The van der Waals surface area contributed by atoms with Crippen LogP contribution in [0.15, 0.2) is 30.1 Å². The number of nitrogens with one attached hydrogen (secondary N) is 1. The van der Waals surface area contributed by atoms with E-state index >= 15 is 0 Å². The predicted molar refractivity (Wildman–Crippen MR) is 82.6 cm³/mol. The van der Waals surface area contributed by atoms with Gasteiger partial charge in [0, 0.05) is 26.2 Å². The van der Waals surface area contributed by atoms with Crippen molar-refractivity contribution in [1.82, 2.24) is 10.2 Å². The fourth-order valence-corrected chi connectivity index (χ4v) is 2.17. The van der Waals surface area contributed by atoms with Gasteiger partial charge in [-0.1, -0.05) is 6.07 Å². The van der Waals surface area contributed by atoms with Crippen LogP contribution in [0.2, 0.25) is 0 Å². The molecule has 0 aliphatic heterocycles. The van der Waals surface area contributed by atoms with Gasteiger partial charge in [-0.2, -0.15) is 0 Å². The second-order valence-electron chi connectivity index (χ2n) is 5.39. The average molecular weight is 305 g/mol. The van der Waals surface area contributed by atoms with Crippen LogP contribution in [-0.4, -0.2) is 37.4 Å². The number of amides is 2. The average Bonchev–Trinajstić information content (AvgIpc) is 3.32. The molecular formula is C16H20FN3O2. The highest BCUT2D eigenvalue weighted by atomic mass is 19.1. The molecule has 0 heterocycles. The van der Waals surface area contributed by atoms with E-state index in [1.165, 1.54) is 18.2 Å². The van der Waals surface area contributed by atoms with Crippen molar-refractivity contribution < 1.29 is 14.0 Å². The van der Waals surface area contributed by atoms with Gasteiger partial charge in [0.05, 0.1) is 5.69 Å². The molecule has 1 aromatic carbocycles. The molecular weight excluding hydrogens is 285 g/mol. The molecule has 0 saturated heterocycles. The Bertz CT molecular complexity index is 611. The molecule has 1 aliphatic carbocycles. The van der Waals surface area contributed by atoms with Gasteiger partial charge in [0.2, 0.25) is 12.3 Å². The third-order valence-electron chi connectivity index (χ3n) is 3.69. The van der Waals surface area contributed by atoms with Gasteiger partial charge in [0.25, 0.3) is 0 Å². The summed E-state index contributed by atoms with van der Waals surface area (Å²) in [7, 11) is 3.31. The first-order valence-corrected chi connectivity index (χ1v) is 7.15. The molecule has 5 nitrogen and oxygen atoms in total. The van der Waals surface area contributed by atoms with Crippen LogP contribution in [0.1, 0.15) is 18.4 Å². The summed E-state index contributed by atoms with van der Waals surface area (Å²) in [6, 6.07) is 4.83. The van der Waals surface area contributed by atoms with Crippen LogP contribution >= 0.6 is 0 Å². The van der Waals surface area contributed by atoms with Crippen molar-refractivity contribution in [2.75, 3.05) is 19.0 Å². The van der Waals surface area contributed by atoms with Gasteiger partial charge in [0.15, 0.2) is 0 Å². The number of halogens is 1. The van der Waals surface area contributed by atoms with E-state index in [0.717, 1.165) is 23.3 Å². The lowest BCUT2D eigenvalue weighted by Crippen LogP contribution is -2.33.